The molecule has 8 heteroatoms. The summed E-state index contributed by atoms with van der Waals surface area (Å²) in [5.74, 6) is -1.88. The molecule has 0 heterocycles. The van der Waals surface area contributed by atoms with Gasteiger partial charge < -0.3 is 15.7 Å². The van der Waals surface area contributed by atoms with E-state index in [9.17, 15) is 19.7 Å². The van der Waals surface area contributed by atoms with Crippen LogP contribution in [0.15, 0.2) is 18.2 Å². The van der Waals surface area contributed by atoms with Crippen molar-refractivity contribution < 1.29 is 19.6 Å². The molecule has 0 radical (unpaired) electrons. The Morgan fingerprint density at radius 3 is 2.53 bits per heavy atom. The molecular formula is C11H13N3O5. The van der Waals surface area contributed by atoms with Gasteiger partial charge in [0.25, 0.3) is 5.69 Å². The lowest BCUT2D eigenvalue weighted by atomic mass is 10.1. The van der Waals surface area contributed by atoms with Crippen LogP contribution in [-0.2, 0) is 4.79 Å². The predicted octanol–water partition coefficient (Wildman–Crippen LogP) is 0.605. The number of amides is 1. The Hall–Kier alpha value is -2.64. The van der Waals surface area contributed by atoms with Crippen molar-refractivity contribution in [1.29, 1.82) is 0 Å². The maximum Gasteiger partial charge on any atom is 0.337 e. The van der Waals surface area contributed by atoms with Crippen LogP contribution >= 0.6 is 0 Å². The average molecular weight is 267 g/mol. The largest absolute Gasteiger partial charge is 0.478 e. The topological polar surface area (TPSA) is 127 Å². The molecule has 0 saturated carbocycles. The van der Waals surface area contributed by atoms with Gasteiger partial charge in [-0.15, -0.1) is 0 Å². The summed E-state index contributed by atoms with van der Waals surface area (Å²) in [7, 11) is 0. The number of rotatable bonds is 6. The summed E-state index contributed by atoms with van der Waals surface area (Å²) in [5, 5.41) is 19.8. The first-order valence-electron chi connectivity index (χ1n) is 5.41. The molecule has 0 bridgehead atoms. The minimum absolute atomic E-state index is 0.100. The van der Waals surface area contributed by atoms with Crippen molar-refractivity contribution in [2.24, 2.45) is 5.73 Å². The smallest absolute Gasteiger partial charge is 0.337 e. The predicted molar refractivity (Wildman–Crippen MR) is 67.1 cm³/mol. The lowest BCUT2D eigenvalue weighted by molar-refractivity contribution is -0.384. The molecule has 19 heavy (non-hydrogen) atoms. The zero-order valence-electron chi connectivity index (χ0n) is 10.2. The van der Waals surface area contributed by atoms with E-state index in [4.69, 9.17) is 10.8 Å². The molecule has 3 N–H and O–H groups in total. The monoisotopic (exact) mass is 267 g/mol. The van der Waals surface area contributed by atoms with E-state index in [1.54, 1.807) is 6.92 Å². The van der Waals surface area contributed by atoms with Crippen molar-refractivity contribution >= 4 is 23.3 Å². The number of hydrogen-bond acceptors (Lipinski definition) is 5. The number of aromatic carboxylic acids is 1. The van der Waals surface area contributed by atoms with Gasteiger partial charge in [-0.05, 0) is 13.0 Å². The van der Waals surface area contributed by atoms with E-state index in [0.717, 1.165) is 18.2 Å². The Balaban J connectivity index is 3.33. The first kappa shape index (κ1) is 14.4. The van der Waals surface area contributed by atoms with Gasteiger partial charge in [0.1, 0.15) is 0 Å². The number of nitrogens with zero attached hydrogens (tertiary/aromatic N) is 2. The van der Waals surface area contributed by atoms with E-state index in [-0.39, 0.29) is 23.5 Å². The maximum absolute atomic E-state index is 11.1. The molecule has 8 nitrogen and oxygen atoms in total. The van der Waals surface area contributed by atoms with Crippen molar-refractivity contribution in [1.82, 2.24) is 0 Å². The highest BCUT2D eigenvalue weighted by atomic mass is 16.6. The highest BCUT2D eigenvalue weighted by Crippen LogP contribution is 2.26. The highest BCUT2D eigenvalue weighted by Gasteiger charge is 2.20. The van der Waals surface area contributed by atoms with Crippen LogP contribution in [0.1, 0.15) is 17.3 Å². The van der Waals surface area contributed by atoms with Gasteiger partial charge in [0, 0.05) is 18.7 Å². The van der Waals surface area contributed by atoms with Gasteiger partial charge in [0.15, 0.2) is 0 Å². The van der Waals surface area contributed by atoms with Crippen molar-refractivity contribution in [3.05, 3.63) is 33.9 Å². The molecular weight excluding hydrogens is 254 g/mol. The summed E-state index contributed by atoms with van der Waals surface area (Å²) < 4.78 is 0. The summed E-state index contributed by atoms with van der Waals surface area (Å²) in [5.41, 5.74) is 4.80. The van der Waals surface area contributed by atoms with Crippen molar-refractivity contribution in [3.63, 3.8) is 0 Å². The van der Waals surface area contributed by atoms with Crippen molar-refractivity contribution in [2.75, 3.05) is 18.0 Å². The van der Waals surface area contributed by atoms with E-state index in [2.05, 4.69) is 0 Å². The second-order valence-corrected chi connectivity index (χ2v) is 3.74. The zero-order valence-corrected chi connectivity index (χ0v) is 10.2. The molecule has 1 rings (SSSR count). The lowest BCUT2D eigenvalue weighted by Crippen LogP contribution is -2.34. The van der Waals surface area contributed by atoms with Crippen LogP contribution in [0, 0.1) is 10.1 Å². The van der Waals surface area contributed by atoms with Crippen LogP contribution in [0.5, 0.6) is 0 Å². The van der Waals surface area contributed by atoms with Crippen molar-refractivity contribution in [2.45, 2.75) is 6.92 Å². The van der Waals surface area contributed by atoms with Crippen LogP contribution in [0.2, 0.25) is 0 Å². The molecule has 0 unspecified atom stereocenters. The van der Waals surface area contributed by atoms with Gasteiger partial charge in [-0.3, -0.25) is 14.9 Å². The summed E-state index contributed by atoms with van der Waals surface area (Å²) in [6, 6.07) is 3.36. The van der Waals surface area contributed by atoms with Crippen LogP contribution in [-0.4, -0.2) is 35.0 Å². The molecule has 0 aromatic heterocycles. The van der Waals surface area contributed by atoms with Crippen LogP contribution < -0.4 is 10.6 Å². The molecule has 0 spiro atoms. The number of carboxylic acid groups (broad SMARTS) is 1. The Labute approximate surface area is 108 Å². The number of non-ortho nitro benzene ring substituents is 1. The van der Waals surface area contributed by atoms with Gasteiger partial charge in [-0.2, -0.15) is 0 Å². The first-order valence-corrected chi connectivity index (χ1v) is 5.41. The fraction of sp³-hybridized carbons (Fsp3) is 0.273. The number of likely N-dealkylation sites (N-methyl/N-ethyl adjacent to an activating group) is 1. The number of nitro groups is 1. The second-order valence-electron chi connectivity index (χ2n) is 3.74. The molecule has 1 aromatic rings. The van der Waals surface area contributed by atoms with Crippen molar-refractivity contribution in [3.8, 4) is 0 Å². The standard InChI is InChI=1S/C11H13N3O5/c1-2-13(6-10(12)15)9-5-7(14(18)19)3-4-8(9)11(16)17/h3-5H,2,6H2,1H3,(H2,12,15)(H,16,17). The number of nitrogens with two attached hydrogens (primary N) is 1. The molecule has 102 valence electrons. The average Bonchev–Trinajstić information content (AvgIpc) is 2.34. The number of primary amides is 1. The molecule has 0 atom stereocenters. The molecule has 0 fully saturated rings. The summed E-state index contributed by atoms with van der Waals surface area (Å²) in [6.45, 7) is 1.77. The number of nitro benzene ring substituents is 1. The van der Waals surface area contributed by atoms with E-state index in [1.165, 1.54) is 4.90 Å². The molecule has 1 amide bonds. The van der Waals surface area contributed by atoms with Gasteiger partial charge in [0.05, 0.1) is 22.7 Å². The molecule has 0 aliphatic carbocycles. The third-order valence-corrected chi connectivity index (χ3v) is 2.49. The zero-order chi connectivity index (χ0) is 14.6. The normalized spacial score (nSPS) is 9.95. The van der Waals surface area contributed by atoms with Gasteiger partial charge in [-0.1, -0.05) is 0 Å². The van der Waals surface area contributed by atoms with Gasteiger partial charge >= 0.3 is 5.97 Å². The molecule has 1 aromatic carbocycles. The summed E-state index contributed by atoms with van der Waals surface area (Å²) >= 11 is 0. The number of anilines is 1. The minimum Gasteiger partial charge on any atom is -0.478 e. The van der Waals surface area contributed by atoms with Crippen LogP contribution in [0.4, 0.5) is 11.4 Å². The Morgan fingerprint density at radius 1 is 1.47 bits per heavy atom. The first-order chi connectivity index (χ1) is 8.86. The van der Waals surface area contributed by atoms with E-state index < -0.39 is 16.8 Å². The molecule has 0 saturated heterocycles. The Kier molecular flexibility index (Phi) is 4.41. The third kappa shape index (κ3) is 3.41. The lowest BCUT2D eigenvalue weighted by Gasteiger charge is -2.22. The minimum atomic E-state index is -1.23. The number of carboxylic acids is 1. The quantitative estimate of drug-likeness (QED) is 0.574. The fourth-order valence-corrected chi connectivity index (χ4v) is 1.63. The van der Waals surface area contributed by atoms with Crippen LogP contribution in [0.3, 0.4) is 0 Å². The summed E-state index contributed by atoms with van der Waals surface area (Å²) in [4.78, 5) is 33.5. The third-order valence-electron chi connectivity index (χ3n) is 2.49. The van der Waals surface area contributed by atoms with Gasteiger partial charge in [0.2, 0.25) is 5.91 Å². The summed E-state index contributed by atoms with van der Waals surface area (Å²) in [6.07, 6.45) is 0. The fourth-order valence-electron chi connectivity index (χ4n) is 1.63. The van der Waals surface area contributed by atoms with E-state index in [0.29, 0.717) is 6.54 Å². The Morgan fingerprint density at radius 2 is 2.11 bits per heavy atom. The molecule has 0 aliphatic heterocycles. The number of carbonyl (C=O) groups is 2. The second kappa shape index (κ2) is 5.80. The number of carbonyl (C=O) groups excluding carboxylic acids is 1. The highest BCUT2D eigenvalue weighted by molar-refractivity contribution is 5.96. The number of benzene rings is 1. The molecule has 0 aliphatic rings. The van der Waals surface area contributed by atoms with Gasteiger partial charge in [-0.25, -0.2) is 4.79 Å². The Bertz CT molecular complexity index is 529. The van der Waals surface area contributed by atoms with E-state index >= 15 is 0 Å². The van der Waals surface area contributed by atoms with Crippen LogP contribution in [0.25, 0.3) is 0 Å². The van der Waals surface area contributed by atoms with E-state index in [1.807, 2.05) is 0 Å². The maximum atomic E-state index is 11.1. The number of hydrogen-bond donors (Lipinski definition) is 2. The SMILES string of the molecule is CCN(CC(N)=O)c1cc([N+](=O)[O-])ccc1C(=O)O.